The van der Waals surface area contributed by atoms with E-state index in [1.54, 1.807) is 6.20 Å². The SMILES string of the molecule is CCC1(CNc2ccnc(N)n2)CC1. The van der Waals surface area contributed by atoms with Crippen LogP contribution in [0.4, 0.5) is 11.8 Å². The lowest BCUT2D eigenvalue weighted by atomic mass is 10.0. The molecule has 1 heterocycles. The van der Waals surface area contributed by atoms with Gasteiger partial charge in [0.05, 0.1) is 0 Å². The molecule has 0 spiro atoms. The van der Waals surface area contributed by atoms with Gasteiger partial charge in [-0.05, 0) is 30.7 Å². The van der Waals surface area contributed by atoms with E-state index in [-0.39, 0.29) is 0 Å². The monoisotopic (exact) mass is 192 g/mol. The molecule has 1 aromatic rings. The molecule has 76 valence electrons. The second-order valence-electron chi connectivity index (χ2n) is 4.01. The first-order valence-corrected chi connectivity index (χ1v) is 5.06. The molecule has 0 radical (unpaired) electrons. The second kappa shape index (κ2) is 3.44. The Balaban J connectivity index is 1.92. The van der Waals surface area contributed by atoms with E-state index in [2.05, 4.69) is 22.2 Å². The van der Waals surface area contributed by atoms with Crippen molar-refractivity contribution in [3.8, 4) is 0 Å². The molecule has 1 aliphatic rings. The van der Waals surface area contributed by atoms with Gasteiger partial charge in [0, 0.05) is 12.7 Å². The number of anilines is 2. The van der Waals surface area contributed by atoms with Crippen LogP contribution in [0.2, 0.25) is 0 Å². The highest BCUT2D eigenvalue weighted by atomic mass is 15.1. The number of hydrogen-bond acceptors (Lipinski definition) is 4. The molecule has 0 aromatic carbocycles. The standard InChI is InChI=1S/C10H16N4/c1-2-10(4-5-10)7-13-8-3-6-12-9(11)14-8/h3,6H,2,4-5,7H2,1H3,(H3,11,12,13,14). The van der Waals surface area contributed by atoms with Gasteiger partial charge in [0.15, 0.2) is 0 Å². The van der Waals surface area contributed by atoms with Crippen molar-refractivity contribution in [1.82, 2.24) is 9.97 Å². The number of hydrogen-bond donors (Lipinski definition) is 2. The predicted molar refractivity (Wildman–Crippen MR) is 56.9 cm³/mol. The molecular formula is C10H16N4. The Morgan fingerprint density at radius 2 is 2.36 bits per heavy atom. The van der Waals surface area contributed by atoms with Gasteiger partial charge in [-0.25, -0.2) is 4.98 Å². The number of aromatic nitrogens is 2. The third-order valence-corrected chi connectivity index (χ3v) is 3.03. The third-order valence-electron chi connectivity index (χ3n) is 3.03. The van der Waals surface area contributed by atoms with E-state index in [0.29, 0.717) is 11.4 Å². The largest absolute Gasteiger partial charge is 0.369 e. The first-order chi connectivity index (χ1) is 6.74. The van der Waals surface area contributed by atoms with Gasteiger partial charge in [0.1, 0.15) is 5.82 Å². The fourth-order valence-electron chi connectivity index (χ4n) is 1.58. The zero-order valence-electron chi connectivity index (χ0n) is 8.45. The first kappa shape index (κ1) is 9.24. The van der Waals surface area contributed by atoms with Gasteiger partial charge < -0.3 is 11.1 Å². The number of nitrogens with two attached hydrogens (primary N) is 1. The predicted octanol–water partition coefficient (Wildman–Crippen LogP) is 1.66. The van der Waals surface area contributed by atoms with Gasteiger partial charge >= 0.3 is 0 Å². The summed E-state index contributed by atoms with van der Waals surface area (Å²) in [7, 11) is 0. The molecule has 1 saturated carbocycles. The van der Waals surface area contributed by atoms with Crippen LogP contribution in [0, 0.1) is 5.41 Å². The Bertz CT molecular complexity index is 320. The molecule has 0 amide bonds. The van der Waals surface area contributed by atoms with Crippen LogP contribution in [0.15, 0.2) is 12.3 Å². The molecule has 1 fully saturated rings. The Morgan fingerprint density at radius 3 is 2.93 bits per heavy atom. The second-order valence-corrected chi connectivity index (χ2v) is 4.01. The Morgan fingerprint density at radius 1 is 1.57 bits per heavy atom. The molecular weight excluding hydrogens is 176 g/mol. The molecule has 1 aliphatic carbocycles. The lowest BCUT2D eigenvalue weighted by Gasteiger charge is -2.13. The summed E-state index contributed by atoms with van der Waals surface area (Å²) >= 11 is 0. The molecule has 4 heteroatoms. The minimum absolute atomic E-state index is 0.330. The van der Waals surface area contributed by atoms with Crippen molar-refractivity contribution < 1.29 is 0 Å². The van der Waals surface area contributed by atoms with Crippen molar-refractivity contribution in [2.24, 2.45) is 5.41 Å². The van der Waals surface area contributed by atoms with Crippen molar-refractivity contribution in [3.05, 3.63) is 12.3 Å². The van der Waals surface area contributed by atoms with Gasteiger partial charge in [-0.1, -0.05) is 6.92 Å². The van der Waals surface area contributed by atoms with E-state index in [0.717, 1.165) is 12.4 Å². The van der Waals surface area contributed by atoms with Crippen LogP contribution in [0.25, 0.3) is 0 Å². The first-order valence-electron chi connectivity index (χ1n) is 5.06. The van der Waals surface area contributed by atoms with Gasteiger partial charge in [-0.2, -0.15) is 4.98 Å². The minimum atomic E-state index is 0.330. The third kappa shape index (κ3) is 1.95. The van der Waals surface area contributed by atoms with Crippen molar-refractivity contribution >= 4 is 11.8 Å². The summed E-state index contributed by atoms with van der Waals surface area (Å²) in [5, 5.41) is 3.31. The molecule has 0 atom stereocenters. The van der Waals surface area contributed by atoms with Crippen LogP contribution >= 0.6 is 0 Å². The summed E-state index contributed by atoms with van der Waals surface area (Å²) in [5.41, 5.74) is 6.01. The molecule has 2 rings (SSSR count). The normalized spacial score (nSPS) is 17.8. The number of nitrogens with one attached hydrogen (secondary N) is 1. The maximum absolute atomic E-state index is 5.48. The molecule has 0 saturated heterocycles. The Kier molecular flexibility index (Phi) is 2.27. The van der Waals surface area contributed by atoms with Crippen LogP contribution in [0.3, 0.4) is 0 Å². The number of nitrogens with zero attached hydrogens (tertiary/aromatic N) is 2. The van der Waals surface area contributed by atoms with Crippen LogP contribution in [0.5, 0.6) is 0 Å². The van der Waals surface area contributed by atoms with Crippen LogP contribution in [-0.4, -0.2) is 16.5 Å². The molecule has 4 nitrogen and oxygen atoms in total. The van der Waals surface area contributed by atoms with Gasteiger partial charge in [0.2, 0.25) is 5.95 Å². The molecule has 0 aliphatic heterocycles. The summed E-state index contributed by atoms with van der Waals surface area (Å²) < 4.78 is 0. The molecule has 0 bridgehead atoms. The number of rotatable bonds is 4. The van der Waals surface area contributed by atoms with Crippen molar-refractivity contribution in [1.29, 1.82) is 0 Å². The highest BCUT2D eigenvalue weighted by molar-refractivity contribution is 5.37. The van der Waals surface area contributed by atoms with Crippen molar-refractivity contribution in [2.75, 3.05) is 17.6 Å². The van der Waals surface area contributed by atoms with Gasteiger partial charge in [0.25, 0.3) is 0 Å². The minimum Gasteiger partial charge on any atom is -0.369 e. The highest BCUT2D eigenvalue weighted by Crippen LogP contribution is 2.48. The smallest absolute Gasteiger partial charge is 0.221 e. The Labute approximate surface area is 83.9 Å². The highest BCUT2D eigenvalue weighted by Gasteiger charge is 2.40. The van der Waals surface area contributed by atoms with Gasteiger partial charge in [-0.3, -0.25) is 0 Å². The van der Waals surface area contributed by atoms with E-state index in [9.17, 15) is 0 Å². The summed E-state index contributed by atoms with van der Waals surface area (Å²) in [6.07, 6.45) is 5.57. The number of nitrogen functional groups attached to an aromatic ring is 1. The van der Waals surface area contributed by atoms with E-state index < -0.39 is 0 Å². The lowest BCUT2D eigenvalue weighted by molar-refractivity contribution is 0.520. The topological polar surface area (TPSA) is 63.8 Å². The lowest BCUT2D eigenvalue weighted by Crippen LogP contribution is -2.15. The molecule has 1 aromatic heterocycles. The summed E-state index contributed by atoms with van der Waals surface area (Å²) in [6, 6.07) is 1.85. The van der Waals surface area contributed by atoms with Crippen LogP contribution in [0.1, 0.15) is 26.2 Å². The average Bonchev–Trinajstić information content (AvgIpc) is 2.96. The fourth-order valence-corrected chi connectivity index (χ4v) is 1.58. The van der Waals surface area contributed by atoms with Crippen molar-refractivity contribution in [3.63, 3.8) is 0 Å². The van der Waals surface area contributed by atoms with E-state index >= 15 is 0 Å². The zero-order chi connectivity index (χ0) is 10.0. The fraction of sp³-hybridized carbons (Fsp3) is 0.600. The van der Waals surface area contributed by atoms with E-state index in [1.165, 1.54) is 19.3 Å². The summed E-state index contributed by atoms with van der Waals surface area (Å²) in [4.78, 5) is 7.94. The van der Waals surface area contributed by atoms with E-state index in [4.69, 9.17) is 5.73 Å². The summed E-state index contributed by atoms with van der Waals surface area (Å²) in [5.74, 6) is 1.16. The maximum Gasteiger partial charge on any atom is 0.221 e. The van der Waals surface area contributed by atoms with Crippen LogP contribution in [-0.2, 0) is 0 Å². The van der Waals surface area contributed by atoms with Crippen LogP contribution < -0.4 is 11.1 Å². The van der Waals surface area contributed by atoms with Gasteiger partial charge in [-0.15, -0.1) is 0 Å². The molecule has 3 N–H and O–H groups in total. The molecule has 14 heavy (non-hydrogen) atoms. The quantitative estimate of drug-likeness (QED) is 0.761. The van der Waals surface area contributed by atoms with Crippen molar-refractivity contribution in [2.45, 2.75) is 26.2 Å². The maximum atomic E-state index is 5.48. The summed E-state index contributed by atoms with van der Waals surface area (Å²) in [6.45, 7) is 3.24. The average molecular weight is 192 g/mol. The Hall–Kier alpha value is -1.32. The molecule has 0 unspecified atom stereocenters. The van der Waals surface area contributed by atoms with E-state index in [1.807, 2.05) is 6.07 Å². The zero-order valence-corrected chi connectivity index (χ0v) is 8.45.